The van der Waals surface area contributed by atoms with Crippen LogP contribution in [0, 0.1) is 0 Å². The third-order valence-electron chi connectivity index (χ3n) is 4.76. The zero-order valence-corrected chi connectivity index (χ0v) is 18.2. The molecule has 6 heteroatoms. The first kappa shape index (κ1) is 22.0. The number of ether oxygens (including phenoxy) is 1. The summed E-state index contributed by atoms with van der Waals surface area (Å²) in [4.78, 5) is 6.62. The molecule has 0 amide bonds. The van der Waals surface area contributed by atoms with E-state index >= 15 is 0 Å². The van der Waals surface area contributed by atoms with Gasteiger partial charge in [-0.3, -0.25) is 4.99 Å². The van der Waals surface area contributed by atoms with Crippen LogP contribution >= 0.6 is 24.0 Å². The fraction of sp³-hybridized carbons (Fsp3) is 0.632. The van der Waals surface area contributed by atoms with Crippen LogP contribution < -0.4 is 15.4 Å². The Hall–Kier alpha value is -1.02. The molecule has 0 radical (unpaired) electrons. The van der Waals surface area contributed by atoms with Crippen molar-refractivity contribution < 1.29 is 4.74 Å². The summed E-state index contributed by atoms with van der Waals surface area (Å²) in [5.74, 6) is 1.79. The van der Waals surface area contributed by atoms with Crippen molar-refractivity contribution in [1.82, 2.24) is 15.5 Å². The number of guanidine groups is 1. The first-order chi connectivity index (χ1) is 11.6. The maximum atomic E-state index is 5.25. The Labute approximate surface area is 169 Å². The summed E-state index contributed by atoms with van der Waals surface area (Å²) in [5.41, 5.74) is 1.27. The lowest BCUT2D eigenvalue weighted by Crippen LogP contribution is -2.46. The molecule has 0 spiro atoms. The normalized spacial score (nSPS) is 16.9. The topological polar surface area (TPSA) is 48.9 Å². The van der Waals surface area contributed by atoms with E-state index in [1.807, 2.05) is 19.2 Å². The molecule has 0 aromatic heterocycles. The molecule has 0 heterocycles. The monoisotopic (exact) mass is 460 g/mol. The van der Waals surface area contributed by atoms with Crippen LogP contribution in [0.4, 0.5) is 0 Å². The second-order valence-electron chi connectivity index (χ2n) is 6.68. The molecule has 1 aliphatic rings. The van der Waals surface area contributed by atoms with Gasteiger partial charge in [-0.05, 0) is 44.6 Å². The van der Waals surface area contributed by atoms with Gasteiger partial charge in [0.2, 0.25) is 0 Å². The fourth-order valence-electron chi connectivity index (χ4n) is 3.25. The number of halogens is 1. The number of nitrogens with one attached hydrogen (secondary N) is 2. The standard InChI is InChI=1S/C19H32N4O.HI/c1-20-19(22-16-8-6-5-7-9-16)21-14-18(23(2)3)15-10-12-17(24-4)13-11-15;/h10-13,16,18H,5-9,14H2,1-4H3,(H2,20,21,22);1H. The maximum Gasteiger partial charge on any atom is 0.191 e. The summed E-state index contributed by atoms with van der Waals surface area (Å²) in [5, 5.41) is 7.06. The van der Waals surface area contributed by atoms with Crippen molar-refractivity contribution in [2.24, 2.45) is 4.99 Å². The van der Waals surface area contributed by atoms with Gasteiger partial charge in [0.15, 0.2) is 5.96 Å². The van der Waals surface area contributed by atoms with Crippen LogP contribution in [0.1, 0.15) is 43.7 Å². The van der Waals surface area contributed by atoms with Crippen molar-refractivity contribution in [3.05, 3.63) is 29.8 Å². The third kappa shape index (κ3) is 7.01. The van der Waals surface area contributed by atoms with Crippen LogP contribution in [0.15, 0.2) is 29.3 Å². The first-order valence-corrected chi connectivity index (χ1v) is 8.91. The Morgan fingerprint density at radius 2 is 1.84 bits per heavy atom. The SMILES string of the molecule is CN=C(NCC(c1ccc(OC)cc1)N(C)C)NC1CCCCC1.I. The quantitative estimate of drug-likeness (QED) is 0.388. The smallest absolute Gasteiger partial charge is 0.191 e. The zero-order chi connectivity index (χ0) is 17.4. The van der Waals surface area contributed by atoms with Gasteiger partial charge >= 0.3 is 0 Å². The number of benzene rings is 1. The highest BCUT2D eigenvalue weighted by molar-refractivity contribution is 14.0. The molecule has 1 aromatic carbocycles. The van der Waals surface area contributed by atoms with Crippen molar-refractivity contribution in [2.75, 3.05) is 34.8 Å². The Bertz CT molecular complexity index is 513. The molecule has 1 aliphatic carbocycles. The van der Waals surface area contributed by atoms with Gasteiger partial charge in [0.25, 0.3) is 0 Å². The molecule has 1 unspecified atom stereocenters. The van der Waals surface area contributed by atoms with Crippen molar-refractivity contribution in [2.45, 2.75) is 44.2 Å². The van der Waals surface area contributed by atoms with Gasteiger partial charge in [-0.25, -0.2) is 0 Å². The van der Waals surface area contributed by atoms with E-state index in [0.29, 0.717) is 6.04 Å². The number of hydrogen-bond donors (Lipinski definition) is 2. The first-order valence-electron chi connectivity index (χ1n) is 8.91. The van der Waals surface area contributed by atoms with Gasteiger partial charge in [-0.1, -0.05) is 31.4 Å². The number of methoxy groups -OCH3 is 1. The van der Waals surface area contributed by atoms with Crippen LogP contribution in [0.3, 0.4) is 0 Å². The van der Waals surface area contributed by atoms with E-state index in [-0.39, 0.29) is 30.0 Å². The number of nitrogens with zero attached hydrogens (tertiary/aromatic N) is 2. The molecular formula is C19H33IN4O. The Morgan fingerprint density at radius 1 is 1.20 bits per heavy atom. The van der Waals surface area contributed by atoms with Crippen molar-refractivity contribution in [3.8, 4) is 5.75 Å². The third-order valence-corrected chi connectivity index (χ3v) is 4.76. The van der Waals surface area contributed by atoms with Gasteiger partial charge in [-0.15, -0.1) is 24.0 Å². The van der Waals surface area contributed by atoms with E-state index in [1.165, 1.54) is 37.7 Å². The molecule has 25 heavy (non-hydrogen) atoms. The van der Waals surface area contributed by atoms with E-state index in [4.69, 9.17) is 4.74 Å². The van der Waals surface area contributed by atoms with Crippen LogP contribution in [0.25, 0.3) is 0 Å². The van der Waals surface area contributed by atoms with Crippen LogP contribution in [0.2, 0.25) is 0 Å². The second kappa shape index (κ2) is 11.6. The average Bonchev–Trinajstić information content (AvgIpc) is 2.62. The van der Waals surface area contributed by atoms with Crippen LogP contribution in [-0.4, -0.2) is 51.7 Å². The molecular weight excluding hydrogens is 427 g/mol. The minimum Gasteiger partial charge on any atom is -0.497 e. The van der Waals surface area contributed by atoms with Crippen LogP contribution in [-0.2, 0) is 0 Å². The lowest BCUT2D eigenvalue weighted by Gasteiger charge is -2.28. The molecule has 0 aliphatic heterocycles. The number of likely N-dealkylation sites (N-methyl/N-ethyl adjacent to an activating group) is 1. The molecule has 142 valence electrons. The van der Waals surface area contributed by atoms with E-state index in [0.717, 1.165) is 18.3 Å². The predicted molar refractivity (Wildman–Crippen MR) is 116 cm³/mol. The van der Waals surface area contributed by atoms with E-state index in [1.54, 1.807) is 7.11 Å². The van der Waals surface area contributed by atoms with Crippen LogP contribution in [0.5, 0.6) is 5.75 Å². The molecule has 1 aromatic rings. The van der Waals surface area contributed by atoms with Crippen molar-refractivity contribution in [1.29, 1.82) is 0 Å². The molecule has 1 saturated carbocycles. The largest absolute Gasteiger partial charge is 0.497 e. The highest BCUT2D eigenvalue weighted by Gasteiger charge is 2.17. The van der Waals surface area contributed by atoms with Gasteiger partial charge in [0.05, 0.1) is 13.2 Å². The lowest BCUT2D eigenvalue weighted by molar-refractivity contribution is 0.297. The molecule has 5 nitrogen and oxygen atoms in total. The summed E-state index contributed by atoms with van der Waals surface area (Å²) in [7, 11) is 7.75. The summed E-state index contributed by atoms with van der Waals surface area (Å²) in [6.45, 7) is 0.811. The fourth-order valence-corrected chi connectivity index (χ4v) is 3.25. The van der Waals surface area contributed by atoms with E-state index < -0.39 is 0 Å². The zero-order valence-electron chi connectivity index (χ0n) is 15.9. The van der Waals surface area contributed by atoms with Crippen molar-refractivity contribution >= 4 is 29.9 Å². The molecule has 0 bridgehead atoms. The summed E-state index contributed by atoms with van der Waals surface area (Å²) < 4.78 is 5.25. The lowest BCUT2D eigenvalue weighted by atomic mass is 9.96. The molecule has 1 atom stereocenters. The summed E-state index contributed by atoms with van der Waals surface area (Å²) >= 11 is 0. The van der Waals surface area contributed by atoms with Gasteiger partial charge in [0.1, 0.15) is 5.75 Å². The Balaban J connectivity index is 0.00000312. The molecule has 2 N–H and O–H groups in total. The average molecular weight is 460 g/mol. The number of aliphatic imine (C=N–C) groups is 1. The number of rotatable bonds is 6. The van der Waals surface area contributed by atoms with Gasteiger partial charge < -0.3 is 20.3 Å². The second-order valence-corrected chi connectivity index (χ2v) is 6.68. The summed E-state index contributed by atoms with van der Waals surface area (Å²) in [6, 6.07) is 9.12. The van der Waals surface area contributed by atoms with E-state index in [2.05, 4.69) is 46.8 Å². The summed E-state index contributed by atoms with van der Waals surface area (Å²) in [6.07, 6.45) is 6.50. The highest BCUT2D eigenvalue weighted by atomic mass is 127. The molecule has 1 fully saturated rings. The number of hydrogen-bond acceptors (Lipinski definition) is 3. The minimum absolute atomic E-state index is 0. The molecule has 2 rings (SSSR count). The Kier molecular flexibility index (Phi) is 10.2. The predicted octanol–water partition coefficient (Wildman–Crippen LogP) is 3.41. The Morgan fingerprint density at radius 3 is 2.36 bits per heavy atom. The van der Waals surface area contributed by atoms with Gasteiger partial charge in [-0.2, -0.15) is 0 Å². The maximum absolute atomic E-state index is 5.25. The minimum atomic E-state index is 0. The van der Waals surface area contributed by atoms with E-state index in [9.17, 15) is 0 Å². The highest BCUT2D eigenvalue weighted by Crippen LogP contribution is 2.21. The van der Waals surface area contributed by atoms with Gasteiger partial charge in [0, 0.05) is 19.6 Å². The molecule has 0 saturated heterocycles. The van der Waals surface area contributed by atoms with Crippen molar-refractivity contribution in [3.63, 3.8) is 0 Å².